The number of methoxy groups -OCH3 is 1. The maximum absolute atomic E-state index is 12.8. The summed E-state index contributed by atoms with van der Waals surface area (Å²) in [7, 11) is 1.58. The number of benzene rings is 1. The Hall–Kier alpha value is -2.59. The zero-order valence-electron chi connectivity index (χ0n) is 15.3. The van der Waals surface area contributed by atoms with Crippen LogP contribution in [0.2, 0.25) is 0 Å². The number of ether oxygens (including phenoxy) is 1. The molecule has 1 fully saturated rings. The van der Waals surface area contributed by atoms with Crippen LogP contribution in [-0.4, -0.2) is 52.1 Å². The molecule has 1 aliphatic heterocycles. The first-order valence-electron chi connectivity index (χ1n) is 8.76. The number of nitrogens with zero attached hydrogens (tertiary/aromatic N) is 4. The summed E-state index contributed by atoms with van der Waals surface area (Å²) in [6.45, 7) is 1.73. The largest absolute Gasteiger partial charge is 0.497 e. The average molecular weight is 418 g/mol. The number of thiazole rings is 1. The molecule has 1 amide bonds. The molecule has 2 aromatic heterocycles. The van der Waals surface area contributed by atoms with Crippen molar-refractivity contribution < 1.29 is 9.53 Å². The van der Waals surface area contributed by atoms with Gasteiger partial charge in [0.15, 0.2) is 10.8 Å². The third-order valence-corrected chi connectivity index (χ3v) is 6.38. The molecule has 3 aromatic rings. The molecule has 0 unspecified atom stereocenters. The first-order valence-corrected chi connectivity index (χ1v) is 10.7. The molecular weight excluding hydrogens is 398 g/mol. The van der Waals surface area contributed by atoms with Crippen molar-refractivity contribution >= 4 is 50.2 Å². The highest BCUT2D eigenvalue weighted by Gasteiger charge is 2.18. The van der Waals surface area contributed by atoms with E-state index in [4.69, 9.17) is 4.74 Å². The highest BCUT2D eigenvalue weighted by molar-refractivity contribution is 7.99. The molecule has 0 atom stereocenters. The molecule has 3 heterocycles. The number of fused-ring (bicyclic) bond motifs is 1. The lowest BCUT2D eigenvalue weighted by atomic mass is 10.3. The van der Waals surface area contributed by atoms with Gasteiger partial charge < -0.3 is 15.0 Å². The second-order valence-corrected chi connectivity index (χ2v) is 8.41. The highest BCUT2D eigenvalue weighted by Crippen LogP contribution is 2.27. The van der Waals surface area contributed by atoms with Crippen molar-refractivity contribution in [1.29, 1.82) is 0 Å². The maximum atomic E-state index is 12.8. The summed E-state index contributed by atoms with van der Waals surface area (Å²) in [4.78, 5) is 36.1. The Kier molecular flexibility index (Phi) is 5.49. The predicted molar refractivity (Wildman–Crippen MR) is 113 cm³/mol. The van der Waals surface area contributed by atoms with E-state index in [0.29, 0.717) is 21.8 Å². The summed E-state index contributed by atoms with van der Waals surface area (Å²) in [6.07, 6.45) is 1.38. The molecule has 0 aliphatic carbocycles. The van der Waals surface area contributed by atoms with Gasteiger partial charge in [-0.2, -0.15) is 16.7 Å². The third-order valence-electron chi connectivity index (χ3n) is 4.34. The van der Waals surface area contributed by atoms with Crippen molar-refractivity contribution in [3.05, 3.63) is 40.9 Å². The Morgan fingerprint density at radius 2 is 2.00 bits per heavy atom. The molecule has 0 spiro atoms. The third kappa shape index (κ3) is 3.97. The topological polar surface area (TPSA) is 89.3 Å². The molecule has 0 bridgehead atoms. The number of nitrogens with one attached hydrogen (secondary N) is 1. The number of carbonyl (C=O) groups is 1. The quantitative estimate of drug-likeness (QED) is 0.680. The molecule has 0 saturated carbocycles. The predicted octanol–water partition coefficient (Wildman–Crippen LogP) is 2.05. The lowest BCUT2D eigenvalue weighted by Crippen LogP contribution is -2.32. The standard InChI is InChI=1S/C18H19N5O3S2/c1-26-13-4-2-12(3-5-13)20-14(24)10-23-11-19-16-15(17(23)25)28-18(21-16)22-6-8-27-9-7-22/h2-5,11H,6-10H2,1H3,(H,20,24). The first kappa shape index (κ1) is 18.8. The van der Waals surface area contributed by atoms with E-state index in [1.165, 1.54) is 22.2 Å². The second-order valence-electron chi connectivity index (χ2n) is 6.20. The van der Waals surface area contributed by atoms with Crippen LogP contribution < -0.4 is 20.5 Å². The van der Waals surface area contributed by atoms with Gasteiger partial charge in [-0.15, -0.1) is 0 Å². The molecule has 8 nitrogen and oxygen atoms in total. The number of amides is 1. The first-order chi connectivity index (χ1) is 13.6. The van der Waals surface area contributed by atoms with Gasteiger partial charge in [-0.3, -0.25) is 14.2 Å². The average Bonchev–Trinajstić information content (AvgIpc) is 3.17. The van der Waals surface area contributed by atoms with Crippen LogP contribution in [0.3, 0.4) is 0 Å². The summed E-state index contributed by atoms with van der Waals surface area (Å²) in [5.74, 6) is 2.52. The van der Waals surface area contributed by atoms with Crippen molar-refractivity contribution in [2.45, 2.75) is 6.54 Å². The monoisotopic (exact) mass is 417 g/mol. The van der Waals surface area contributed by atoms with Crippen LogP contribution in [0.25, 0.3) is 10.3 Å². The van der Waals surface area contributed by atoms with Crippen LogP contribution >= 0.6 is 23.1 Å². The molecule has 146 valence electrons. The SMILES string of the molecule is COc1ccc(NC(=O)Cn2cnc3nc(N4CCSCC4)sc3c2=O)cc1. The highest BCUT2D eigenvalue weighted by atomic mass is 32.2. The van der Waals surface area contributed by atoms with Gasteiger partial charge >= 0.3 is 0 Å². The lowest BCUT2D eigenvalue weighted by Gasteiger charge is -2.25. The minimum Gasteiger partial charge on any atom is -0.497 e. The fraction of sp³-hybridized carbons (Fsp3) is 0.333. The van der Waals surface area contributed by atoms with E-state index in [1.807, 2.05) is 11.8 Å². The number of rotatable bonds is 5. The molecule has 1 aliphatic rings. The van der Waals surface area contributed by atoms with E-state index in [1.54, 1.807) is 31.4 Å². The Balaban J connectivity index is 1.50. The Morgan fingerprint density at radius 1 is 1.25 bits per heavy atom. The Bertz CT molecular complexity index is 1040. The summed E-state index contributed by atoms with van der Waals surface area (Å²) in [5.41, 5.74) is 0.830. The van der Waals surface area contributed by atoms with E-state index < -0.39 is 0 Å². The molecular formula is C18H19N5O3S2. The van der Waals surface area contributed by atoms with Crippen molar-refractivity contribution in [1.82, 2.24) is 14.5 Å². The Morgan fingerprint density at radius 3 is 2.71 bits per heavy atom. The number of hydrogen-bond acceptors (Lipinski definition) is 8. The summed E-state index contributed by atoms with van der Waals surface area (Å²) < 4.78 is 6.89. The molecule has 1 N–H and O–H groups in total. The van der Waals surface area contributed by atoms with Crippen LogP contribution in [0.15, 0.2) is 35.4 Å². The number of hydrogen-bond donors (Lipinski definition) is 1. The number of carbonyl (C=O) groups excluding carboxylic acids is 1. The smallest absolute Gasteiger partial charge is 0.273 e. The maximum Gasteiger partial charge on any atom is 0.273 e. The molecule has 1 saturated heterocycles. The van der Waals surface area contributed by atoms with Gasteiger partial charge in [0.25, 0.3) is 5.56 Å². The van der Waals surface area contributed by atoms with Gasteiger partial charge in [-0.05, 0) is 24.3 Å². The zero-order valence-corrected chi connectivity index (χ0v) is 16.9. The van der Waals surface area contributed by atoms with Gasteiger partial charge in [0.05, 0.1) is 7.11 Å². The molecule has 10 heteroatoms. The van der Waals surface area contributed by atoms with E-state index in [9.17, 15) is 9.59 Å². The minimum absolute atomic E-state index is 0.110. The van der Waals surface area contributed by atoms with Gasteiger partial charge in [0.2, 0.25) is 5.91 Å². The van der Waals surface area contributed by atoms with Crippen LogP contribution in [-0.2, 0) is 11.3 Å². The van der Waals surface area contributed by atoms with Crippen molar-refractivity contribution in [3.8, 4) is 5.75 Å². The fourth-order valence-corrected chi connectivity index (χ4v) is 4.79. The molecule has 28 heavy (non-hydrogen) atoms. The van der Waals surface area contributed by atoms with Crippen LogP contribution in [0.1, 0.15) is 0 Å². The van der Waals surface area contributed by atoms with Crippen molar-refractivity contribution in [2.24, 2.45) is 0 Å². The summed E-state index contributed by atoms with van der Waals surface area (Å²) >= 11 is 3.26. The van der Waals surface area contributed by atoms with Crippen LogP contribution in [0, 0.1) is 0 Å². The van der Waals surface area contributed by atoms with Gasteiger partial charge in [0, 0.05) is 30.3 Å². The summed E-state index contributed by atoms with van der Waals surface area (Å²) in [5, 5.41) is 3.59. The number of thioether (sulfide) groups is 1. The van der Waals surface area contributed by atoms with E-state index >= 15 is 0 Å². The molecule has 1 aromatic carbocycles. The number of anilines is 2. The van der Waals surface area contributed by atoms with Gasteiger partial charge in [-0.1, -0.05) is 11.3 Å². The molecule has 4 rings (SSSR count). The van der Waals surface area contributed by atoms with E-state index in [2.05, 4.69) is 20.2 Å². The van der Waals surface area contributed by atoms with Crippen LogP contribution in [0.5, 0.6) is 5.75 Å². The normalized spacial score (nSPS) is 14.2. The lowest BCUT2D eigenvalue weighted by molar-refractivity contribution is -0.116. The van der Waals surface area contributed by atoms with Gasteiger partial charge in [-0.25, -0.2) is 4.98 Å². The second kappa shape index (κ2) is 8.19. The van der Waals surface area contributed by atoms with E-state index in [0.717, 1.165) is 29.7 Å². The van der Waals surface area contributed by atoms with Gasteiger partial charge in [0.1, 0.15) is 23.3 Å². The number of aromatic nitrogens is 3. The Labute approximate surface area is 169 Å². The van der Waals surface area contributed by atoms with Crippen molar-refractivity contribution in [2.75, 3.05) is 41.9 Å². The minimum atomic E-state index is -0.300. The fourth-order valence-electron chi connectivity index (χ4n) is 2.87. The van der Waals surface area contributed by atoms with Crippen molar-refractivity contribution in [3.63, 3.8) is 0 Å². The zero-order chi connectivity index (χ0) is 19.5. The summed E-state index contributed by atoms with van der Waals surface area (Å²) in [6, 6.07) is 7.00. The van der Waals surface area contributed by atoms with Crippen LogP contribution in [0.4, 0.5) is 10.8 Å². The molecule has 0 radical (unpaired) electrons. The van der Waals surface area contributed by atoms with E-state index in [-0.39, 0.29) is 18.0 Å².